The summed E-state index contributed by atoms with van der Waals surface area (Å²) in [4.78, 5) is 24.2. The molecular weight excluding hydrogens is 496 g/mol. The SMILES string of the molecule is CC(C)CCC[C@@H](C)[C@H]1CCC2[C@@H]3CC=C4CC(OC(=O)Nc5cccc(C(N)=O)c5)CC[C@]4(C)C3CC[C@@]21C. The molecule has 3 fully saturated rings. The lowest BCUT2D eigenvalue weighted by Crippen LogP contribution is -2.51. The Morgan fingerprint density at radius 3 is 2.60 bits per heavy atom. The molecule has 5 rings (SSSR count). The number of nitrogens with one attached hydrogen (secondary N) is 1. The van der Waals surface area contributed by atoms with Crippen LogP contribution in [0.2, 0.25) is 0 Å². The third-order valence-electron chi connectivity index (χ3n) is 11.9. The van der Waals surface area contributed by atoms with Crippen molar-refractivity contribution in [3.8, 4) is 0 Å². The van der Waals surface area contributed by atoms with Gasteiger partial charge in [0.2, 0.25) is 5.91 Å². The molecule has 0 aromatic heterocycles. The van der Waals surface area contributed by atoms with Crippen molar-refractivity contribution in [1.82, 2.24) is 0 Å². The highest BCUT2D eigenvalue weighted by Crippen LogP contribution is 2.67. The second kappa shape index (κ2) is 11.5. The number of carbonyl (C=O) groups excluding carboxylic acids is 2. The maximum absolute atomic E-state index is 12.7. The molecule has 4 aliphatic carbocycles. The van der Waals surface area contributed by atoms with Crippen LogP contribution in [0.25, 0.3) is 0 Å². The van der Waals surface area contributed by atoms with Gasteiger partial charge >= 0.3 is 6.09 Å². The standard InChI is InChI=1S/C35H52N2O3/c1-22(2)8-6-9-23(3)29-14-15-30-28-13-12-25-21-27(16-18-34(25,4)31(28)17-19-35(29,30)5)40-33(39)37-26-11-7-10-24(20-26)32(36)38/h7,10-12,20,22-23,27-31H,6,8-9,13-19,21H2,1-5H3,(H2,36,38)(H,37,39)/t23-,27?,28+,29-,30?,31?,34+,35-/m1/s1. The first-order chi connectivity index (χ1) is 19.0. The monoisotopic (exact) mass is 548 g/mol. The number of primary amides is 1. The summed E-state index contributed by atoms with van der Waals surface area (Å²) in [7, 11) is 0. The zero-order valence-corrected chi connectivity index (χ0v) is 25.5. The molecule has 220 valence electrons. The predicted octanol–water partition coefficient (Wildman–Crippen LogP) is 8.74. The van der Waals surface area contributed by atoms with Crippen molar-refractivity contribution in [2.24, 2.45) is 52.1 Å². The highest BCUT2D eigenvalue weighted by atomic mass is 16.6. The minimum absolute atomic E-state index is 0.105. The largest absolute Gasteiger partial charge is 0.446 e. The molecule has 0 heterocycles. The molecule has 4 aliphatic rings. The molecule has 0 bridgehead atoms. The molecule has 0 saturated heterocycles. The first-order valence-electron chi connectivity index (χ1n) is 16.1. The van der Waals surface area contributed by atoms with Gasteiger partial charge in [0, 0.05) is 17.7 Å². The van der Waals surface area contributed by atoms with Crippen molar-refractivity contribution < 1.29 is 14.3 Å². The maximum Gasteiger partial charge on any atom is 0.411 e. The molecule has 5 heteroatoms. The summed E-state index contributed by atoms with van der Waals surface area (Å²) in [5, 5.41) is 2.78. The molecule has 3 unspecified atom stereocenters. The number of nitrogens with two attached hydrogens (primary N) is 1. The van der Waals surface area contributed by atoms with E-state index in [-0.39, 0.29) is 11.5 Å². The molecule has 3 saturated carbocycles. The average molecular weight is 549 g/mol. The number of hydrogen-bond acceptors (Lipinski definition) is 3. The molecule has 40 heavy (non-hydrogen) atoms. The van der Waals surface area contributed by atoms with Gasteiger partial charge in [0.1, 0.15) is 6.10 Å². The molecule has 1 aromatic carbocycles. The van der Waals surface area contributed by atoms with E-state index in [0.717, 1.165) is 54.8 Å². The third kappa shape index (κ3) is 5.59. The number of anilines is 1. The van der Waals surface area contributed by atoms with E-state index in [1.807, 2.05) is 0 Å². The van der Waals surface area contributed by atoms with Gasteiger partial charge in [0.05, 0.1) is 0 Å². The lowest BCUT2D eigenvalue weighted by molar-refractivity contribution is -0.0577. The summed E-state index contributed by atoms with van der Waals surface area (Å²) in [6, 6.07) is 6.67. The van der Waals surface area contributed by atoms with E-state index in [4.69, 9.17) is 10.5 Å². The van der Waals surface area contributed by atoms with Gasteiger partial charge in [0.15, 0.2) is 0 Å². The van der Waals surface area contributed by atoms with E-state index in [0.29, 0.717) is 16.7 Å². The van der Waals surface area contributed by atoms with Crippen LogP contribution in [0, 0.1) is 46.3 Å². The zero-order valence-electron chi connectivity index (χ0n) is 25.5. The van der Waals surface area contributed by atoms with Gasteiger partial charge < -0.3 is 10.5 Å². The fraction of sp³-hybridized carbons (Fsp3) is 0.714. The molecule has 8 atom stereocenters. The fourth-order valence-electron chi connectivity index (χ4n) is 9.80. The Morgan fingerprint density at radius 2 is 1.85 bits per heavy atom. The summed E-state index contributed by atoms with van der Waals surface area (Å²) >= 11 is 0. The topological polar surface area (TPSA) is 81.4 Å². The molecule has 3 N–H and O–H groups in total. The van der Waals surface area contributed by atoms with Crippen molar-refractivity contribution >= 4 is 17.7 Å². The summed E-state index contributed by atoms with van der Waals surface area (Å²) in [6.07, 6.45) is 15.7. The van der Waals surface area contributed by atoms with Crippen LogP contribution < -0.4 is 11.1 Å². The number of hydrogen-bond donors (Lipinski definition) is 2. The Bertz CT molecular complexity index is 1130. The van der Waals surface area contributed by atoms with Gasteiger partial charge in [-0.05, 0) is 109 Å². The van der Waals surface area contributed by atoms with Gasteiger partial charge in [0.25, 0.3) is 0 Å². The Morgan fingerprint density at radius 1 is 1.05 bits per heavy atom. The quantitative estimate of drug-likeness (QED) is 0.319. The van der Waals surface area contributed by atoms with Crippen LogP contribution in [-0.2, 0) is 4.74 Å². The number of fused-ring (bicyclic) bond motifs is 5. The summed E-state index contributed by atoms with van der Waals surface area (Å²) < 4.78 is 5.89. The Labute approximate surface area is 242 Å². The van der Waals surface area contributed by atoms with Crippen LogP contribution in [-0.4, -0.2) is 18.1 Å². The third-order valence-corrected chi connectivity index (χ3v) is 11.9. The molecule has 1 aromatic rings. The second-order valence-corrected chi connectivity index (χ2v) is 14.6. The number of benzene rings is 1. The van der Waals surface area contributed by atoms with Crippen LogP contribution in [0.15, 0.2) is 35.9 Å². The van der Waals surface area contributed by atoms with E-state index in [1.54, 1.807) is 24.3 Å². The van der Waals surface area contributed by atoms with Crippen molar-refractivity contribution in [3.63, 3.8) is 0 Å². The van der Waals surface area contributed by atoms with E-state index in [9.17, 15) is 9.59 Å². The van der Waals surface area contributed by atoms with Crippen molar-refractivity contribution in [2.75, 3.05) is 5.32 Å². The van der Waals surface area contributed by atoms with Gasteiger partial charge in [-0.2, -0.15) is 0 Å². The number of rotatable bonds is 8. The summed E-state index contributed by atoms with van der Waals surface area (Å²) in [6.45, 7) is 12.4. The van der Waals surface area contributed by atoms with E-state index >= 15 is 0 Å². The highest BCUT2D eigenvalue weighted by Gasteiger charge is 2.59. The second-order valence-electron chi connectivity index (χ2n) is 14.6. The smallest absolute Gasteiger partial charge is 0.411 e. The number of ether oxygens (including phenoxy) is 1. The fourth-order valence-corrected chi connectivity index (χ4v) is 9.80. The normalized spacial score (nSPS) is 35.6. The lowest BCUT2D eigenvalue weighted by Gasteiger charge is -2.58. The summed E-state index contributed by atoms with van der Waals surface area (Å²) in [5.41, 5.74) is 8.53. The zero-order chi connectivity index (χ0) is 28.7. The number of amides is 2. The molecule has 0 radical (unpaired) electrons. The Balaban J connectivity index is 1.21. The van der Waals surface area contributed by atoms with Crippen LogP contribution in [0.4, 0.5) is 10.5 Å². The van der Waals surface area contributed by atoms with Crippen LogP contribution in [0.1, 0.15) is 116 Å². The number of allylic oxidation sites excluding steroid dienone is 1. The van der Waals surface area contributed by atoms with Crippen molar-refractivity contribution in [1.29, 1.82) is 0 Å². The molecule has 5 nitrogen and oxygen atoms in total. The summed E-state index contributed by atoms with van der Waals surface area (Å²) in [5.74, 6) is 4.44. The minimum atomic E-state index is -0.515. The van der Waals surface area contributed by atoms with Crippen LogP contribution >= 0.6 is 0 Å². The van der Waals surface area contributed by atoms with Gasteiger partial charge in [-0.3, -0.25) is 10.1 Å². The van der Waals surface area contributed by atoms with E-state index in [1.165, 1.54) is 56.9 Å². The number of carbonyl (C=O) groups is 2. The highest BCUT2D eigenvalue weighted by molar-refractivity contribution is 5.95. The minimum Gasteiger partial charge on any atom is -0.446 e. The van der Waals surface area contributed by atoms with Crippen molar-refractivity contribution in [3.05, 3.63) is 41.5 Å². The van der Waals surface area contributed by atoms with Gasteiger partial charge in [-0.25, -0.2) is 4.79 Å². The molecule has 0 aliphatic heterocycles. The van der Waals surface area contributed by atoms with Crippen LogP contribution in [0.3, 0.4) is 0 Å². The Kier molecular flexibility index (Phi) is 8.42. The molecular formula is C35H52N2O3. The van der Waals surface area contributed by atoms with Gasteiger partial charge in [-0.15, -0.1) is 0 Å². The molecule has 0 spiro atoms. The predicted molar refractivity (Wildman–Crippen MR) is 162 cm³/mol. The first-order valence-corrected chi connectivity index (χ1v) is 16.1. The molecule has 2 amide bonds. The Hall–Kier alpha value is -2.30. The van der Waals surface area contributed by atoms with E-state index < -0.39 is 12.0 Å². The average Bonchev–Trinajstić information content (AvgIpc) is 3.26. The van der Waals surface area contributed by atoms with Crippen molar-refractivity contribution in [2.45, 2.75) is 111 Å². The lowest BCUT2D eigenvalue weighted by atomic mass is 9.47. The van der Waals surface area contributed by atoms with Gasteiger partial charge in [-0.1, -0.05) is 71.6 Å². The van der Waals surface area contributed by atoms with E-state index in [2.05, 4.69) is 46.0 Å². The maximum atomic E-state index is 12.7. The van der Waals surface area contributed by atoms with Crippen LogP contribution in [0.5, 0.6) is 0 Å². The first kappa shape index (κ1) is 29.2.